The number of alkyl halides is 3. The number of carbonyl (C=O) groups is 1. The third kappa shape index (κ3) is 2.95. The number of hydrogen-bond acceptors (Lipinski definition) is 3. The van der Waals surface area contributed by atoms with Crippen LogP contribution in [0.3, 0.4) is 0 Å². The molecule has 3 rings (SSSR count). The summed E-state index contributed by atoms with van der Waals surface area (Å²) in [6, 6.07) is 11.9. The van der Waals surface area contributed by atoms with E-state index in [1.165, 1.54) is 25.4 Å². The lowest BCUT2D eigenvalue weighted by Crippen LogP contribution is -2.04. The number of rotatable bonds is 2. The van der Waals surface area contributed by atoms with Crippen LogP contribution in [0.15, 0.2) is 54.7 Å². The van der Waals surface area contributed by atoms with Crippen LogP contribution < -0.4 is 0 Å². The first kappa shape index (κ1) is 16.0. The minimum atomic E-state index is -4.37. The van der Waals surface area contributed by atoms with Gasteiger partial charge in [0.25, 0.3) is 0 Å². The van der Waals surface area contributed by atoms with Gasteiger partial charge in [0, 0.05) is 17.1 Å². The monoisotopic (exact) mass is 331 g/mol. The normalized spacial score (nSPS) is 11.5. The highest BCUT2D eigenvalue weighted by atomic mass is 19.4. The van der Waals surface area contributed by atoms with Crippen LogP contribution in [-0.4, -0.2) is 18.1 Å². The summed E-state index contributed by atoms with van der Waals surface area (Å²) in [5, 5.41) is 0.704. The zero-order chi connectivity index (χ0) is 17.3. The molecule has 122 valence electrons. The lowest BCUT2D eigenvalue weighted by atomic mass is 10.00. The lowest BCUT2D eigenvalue weighted by Gasteiger charge is -2.10. The number of benzene rings is 2. The van der Waals surface area contributed by atoms with Gasteiger partial charge >= 0.3 is 12.1 Å². The van der Waals surface area contributed by atoms with Gasteiger partial charge in [0.05, 0.1) is 23.8 Å². The SMILES string of the molecule is COC(=O)c1cnc2c(-c3ccc(C(F)(F)F)cc3)cccc2c1. The number of esters is 1. The topological polar surface area (TPSA) is 39.2 Å². The number of halogens is 3. The number of methoxy groups -OCH3 is 1. The molecule has 0 saturated heterocycles. The van der Waals surface area contributed by atoms with Crippen molar-refractivity contribution in [3.8, 4) is 11.1 Å². The molecule has 0 unspecified atom stereocenters. The van der Waals surface area contributed by atoms with E-state index in [0.29, 0.717) is 27.6 Å². The molecule has 3 nitrogen and oxygen atoms in total. The molecule has 0 amide bonds. The highest BCUT2D eigenvalue weighted by Gasteiger charge is 2.30. The van der Waals surface area contributed by atoms with E-state index in [-0.39, 0.29) is 0 Å². The average Bonchev–Trinajstić information content (AvgIpc) is 2.59. The van der Waals surface area contributed by atoms with Crippen molar-refractivity contribution in [2.75, 3.05) is 7.11 Å². The number of aromatic nitrogens is 1. The van der Waals surface area contributed by atoms with Gasteiger partial charge in [-0.3, -0.25) is 4.98 Å². The molecule has 0 aliphatic heterocycles. The standard InChI is InChI=1S/C18H12F3NO2/c1-24-17(23)13-9-12-3-2-4-15(16(12)22-10-13)11-5-7-14(8-6-11)18(19,20)21/h2-10H,1H3. The molecule has 1 aromatic heterocycles. The van der Waals surface area contributed by atoms with E-state index in [9.17, 15) is 18.0 Å². The summed E-state index contributed by atoms with van der Waals surface area (Å²) in [6.07, 6.45) is -2.98. The van der Waals surface area contributed by atoms with Crippen molar-refractivity contribution >= 4 is 16.9 Å². The summed E-state index contributed by atoms with van der Waals surface area (Å²) in [7, 11) is 1.28. The number of hydrogen-bond donors (Lipinski definition) is 0. The summed E-state index contributed by atoms with van der Waals surface area (Å²) in [6.45, 7) is 0. The summed E-state index contributed by atoms with van der Waals surface area (Å²) < 4.78 is 42.7. The molecule has 0 N–H and O–H groups in total. The Kier molecular flexibility index (Phi) is 3.97. The maximum Gasteiger partial charge on any atom is 0.416 e. The molecule has 0 saturated carbocycles. The Morgan fingerprint density at radius 3 is 2.42 bits per heavy atom. The number of ether oxygens (including phenoxy) is 1. The number of fused-ring (bicyclic) bond motifs is 1. The van der Waals surface area contributed by atoms with Gasteiger partial charge in [0.15, 0.2) is 0 Å². The molecule has 2 aromatic carbocycles. The summed E-state index contributed by atoms with van der Waals surface area (Å²) in [4.78, 5) is 15.8. The second-order valence-electron chi connectivity index (χ2n) is 5.17. The maximum absolute atomic E-state index is 12.7. The van der Waals surface area contributed by atoms with Crippen LogP contribution in [0.1, 0.15) is 15.9 Å². The molecule has 0 aliphatic rings. The van der Waals surface area contributed by atoms with Crippen molar-refractivity contribution in [3.63, 3.8) is 0 Å². The molecule has 3 aromatic rings. The Balaban J connectivity index is 2.08. The van der Waals surface area contributed by atoms with E-state index < -0.39 is 17.7 Å². The second-order valence-corrected chi connectivity index (χ2v) is 5.17. The molecular formula is C18H12F3NO2. The quantitative estimate of drug-likeness (QED) is 0.639. The van der Waals surface area contributed by atoms with Gasteiger partial charge in [-0.15, -0.1) is 0 Å². The van der Waals surface area contributed by atoms with E-state index in [1.807, 2.05) is 0 Å². The van der Waals surface area contributed by atoms with Crippen LogP contribution in [0.25, 0.3) is 22.0 Å². The first-order valence-corrected chi connectivity index (χ1v) is 7.05. The van der Waals surface area contributed by atoms with Crippen molar-refractivity contribution in [3.05, 3.63) is 65.9 Å². The van der Waals surface area contributed by atoms with Gasteiger partial charge in [0.2, 0.25) is 0 Å². The lowest BCUT2D eigenvalue weighted by molar-refractivity contribution is -0.137. The van der Waals surface area contributed by atoms with Crippen LogP contribution >= 0.6 is 0 Å². The Hall–Kier alpha value is -2.89. The van der Waals surface area contributed by atoms with Gasteiger partial charge in [-0.1, -0.05) is 30.3 Å². The van der Waals surface area contributed by atoms with Crippen LogP contribution in [0, 0.1) is 0 Å². The van der Waals surface area contributed by atoms with Crippen molar-refractivity contribution < 1.29 is 22.7 Å². The summed E-state index contributed by atoms with van der Waals surface area (Å²) in [5.41, 5.74) is 1.52. The summed E-state index contributed by atoms with van der Waals surface area (Å²) >= 11 is 0. The van der Waals surface area contributed by atoms with Crippen molar-refractivity contribution in [1.29, 1.82) is 0 Å². The van der Waals surface area contributed by atoms with Crippen LogP contribution in [0.2, 0.25) is 0 Å². The Labute approximate surface area is 135 Å². The third-order valence-electron chi connectivity index (χ3n) is 3.66. The molecule has 0 radical (unpaired) electrons. The minimum Gasteiger partial charge on any atom is -0.465 e. The minimum absolute atomic E-state index is 0.314. The zero-order valence-electron chi connectivity index (χ0n) is 12.6. The highest BCUT2D eigenvalue weighted by molar-refractivity contribution is 5.98. The van der Waals surface area contributed by atoms with E-state index in [1.54, 1.807) is 24.3 Å². The van der Waals surface area contributed by atoms with Crippen molar-refractivity contribution in [2.45, 2.75) is 6.18 Å². The predicted molar refractivity (Wildman–Crippen MR) is 83.5 cm³/mol. The predicted octanol–water partition coefficient (Wildman–Crippen LogP) is 4.71. The smallest absolute Gasteiger partial charge is 0.416 e. The van der Waals surface area contributed by atoms with Gasteiger partial charge in [-0.05, 0) is 23.8 Å². The maximum atomic E-state index is 12.7. The molecule has 24 heavy (non-hydrogen) atoms. The molecule has 0 spiro atoms. The third-order valence-corrected chi connectivity index (χ3v) is 3.66. The molecule has 0 bridgehead atoms. The fourth-order valence-corrected chi connectivity index (χ4v) is 2.46. The molecule has 1 heterocycles. The highest BCUT2D eigenvalue weighted by Crippen LogP contribution is 2.32. The fourth-order valence-electron chi connectivity index (χ4n) is 2.46. The number of carbonyl (C=O) groups excluding carboxylic acids is 1. The van der Waals surface area contributed by atoms with Gasteiger partial charge in [-0.2, -0.15) is 13.2 Å². The first-order valence-electron chi connectivity index (χ1n) is 7.05. The van der Waals surface area contributed by atoms with Crippen LogP contribution in [-0.2, 0) is 10.9 Å². The number of pyridine rings is 1. The number of para-hydroxylation sites is 1. The van der Waals surface area contributed by atoms with E-state index in [4.69, 9.17) is 0 Å². The Bertz CT molecular complexity index is 902. The van der Waals surface area contributed by atoms with Crippen molar-refractivity contribution in [1.82, 2.24) is 4.98 Å². The van der Waals surface area contributed by atoms with E-state index in [2.05, 4.69) is 9.72 Å². The molecular weight excluding hydrogens is 319 g/mol. The molecule has 0 aliphatic carbocycles. The van der Waals surface area contributed by atoms with Crippen LogP contribution in [0.5, 0.6) is 0 Å². The fraction of sp³-hybridized carbons (Fsp3) is 0.111. The molecule has 0 fully saturated rings. The number of nitrogens with zero attached hydrogens (tertiary/aromatic N) is 1. The van der Waals surface area contributed by atoms with Crippen LogP contribution in [0.4, 0.5) is 13.2 Å². The van der Waals surface area contributed by atoms with E-state index in [0.717, 1.165) is 12.1 Å². The molecule has 6 heteroatoms. The van der Waals surface area contributed by atoms with Gasteiger partial charge < -0.3 is 4.74 Å². The Morgan fingerprint density at radius 2 is 1.79 bits per heavy atom. The summed E-state index contributed by atoms with van der Waals surface area (Å²) in [5.74, 6) is -0.496. The first-order chi connectivity index (χ1) is 11.4. The largest absolute Gasteiger partial charge is 0.465 e. The molecule has 0 atom stereocenters. The van der Waals surface area contributed by atoms with E-state index >= 15 is 0 Å². The Morgan fingerprint density at radius 1 is 1.08 bits per heavy atom. The average molecular weight is 331 g/mol. The zero-order valence-corrected chi connectivity index (χ0v) is 12.6. The second kappa shape index (κ2) is 5.96. The van der Waals surface area contributed by atoms with Crippen molar-refractivity contribution in [2.24, 2.45) is 0 Å². The van der Waals surface area contributed by atoms with Gasteiger partial charge in [0.1, 0.15) is 0 Å². The van der Waals surface area contributed by atoms with Gasteiger partial charge in [-0.25, -0.2) is 4.79 Å².